The highest BCUT2D eigenvalue weighted by Crippen LogP contribution is 2.32. The van der Waals surface area contributed by atoms with Gasteiger partial charge in [-0.1, -0.05) is 42.5 Å². The molecule has 4 heteroatoms. The van der Waals surface area contributed by atoms with Gasteiger partial charge in [-0.2, -0.15) is 0 Å². The highest BCUT2D eigenvalue weighted by molar-refractivity contribution is 5.85. The van der Waals surface area contributed by atoms with Gasteiger partial charge in [0.1, 0.15) is 36.0 Å². The third-order valence-electron chi connectivity index (χ3n) is 4.00. The summed E-state index contributed by atoms with van der Waals surface area (Å²) in [4.78, 5) is 0. The molecule has 0 aliphatic heterocycles. The second kappa shape index (κ2) is 7.23. The highest BCUT2D eigenvalue weighted by Gasteiger charge is 2.08. The van der Waals surface area contributed by atoms with Gasteiger partial charge in [0.2, 0.25) is 0 Å². The second-order valence-electron chi connectivity index (χ2n) is 5.93. The summed E-state index contributed by atoms with van der Waals surface area (Å²) in [6, 6.07) is 22.6. The van der Waals surface area contributed by atoms with Crippen LogP contribution in [-0.4, -0.2) is 5.11 Å². The first-order chi connectivity index (χ1) is 12.8. The summed E-state index contributed by atoms with van der Waals surface area (Å²) in [6.45, 7) is 0.870. The van der Waals surface area contributed by atoms with Gasteiger partial charge in [-0.3, -0.25) is 0 Å². The monoisotopic (exact) mass is 345 g/mol. The molecule has 0 aliphatic carbocycles. The first-order valence-electron chi connectivity index (χ1n) is 8.29. The summed E-state index contributed by atoms with van der Waals surface area (Å²) in [7, 11) is 0. The average molecular weight is 345 g/mol. The van der Waals surface area contributed by atoms with Crippen molar-refractivity contribution in [1.82, 2.24) is 0 Å². The van der Waals surface area contributed by atoms with E-state index in [4.69, 9.17) is 13.9 Å². The van der Waals surface area contributed by atoms with Crippen LogP contribution in [0, 0.1) is 6.26 Å². The van der Waals surface area contributed by atoms with Gasteiger partial charge in [0.05, 0.1) is 5.39 Å². The molecule has 1 radical (unpaired) electrons. The van der Waals surface area contributed by atoms with E-state index >= 15 is 0 Å². The molecule has 0 unspecified atom stereocenters. The molecule has 0 amide bonds. The molecule has 1 N–H and O–H groups in total. The first kappa shape index (κ1) is 16.1. The van der Waals surface area contributed by atoms with Gasteiger partial charge in [0.15, 0.2) is 6.26 Å². The van der Waals surface area contributed by atoms with Crippen molar-refractivity contribution >= 4 is 11.0 Å². The van der Waals surface area contributed by atoms with Gasteiger partial charge in [-0.05, 0) is 29.3 Å². The molecule has 0 saturated heterocycles. The van der Waals surface area contributed by atoms with Crippen molar-refractivity contribution in [3.8, 4) is 17.2 Å². The van der Waals surface area contributed by atoms with E-state index in [0.717, 1.165) is 22.3 Å². The third kappa shape index (κ3) is 3.64. The molecule has 4 nitrogen and oxygen atoms in total. The Morgan fingerprint density at radius 2 is 1.65 bits per heavy atom. The third-order valence-corrected chi connectivity index (χ3v) is 4.00. The van der Waals surface area contributed by atoms with Crippen molar-refractivity contribution in [3.05, 3.63) is 90.2 Å². The predicted octanol–water partition coefficient (Wildman–Crippen LogP) is 5.10. The normalized spacial score (nSPS) is 10.8. The van der Waals surface area contributed by atoms with Crippen molar-refractivity contribution in [2.75, 3.05) is 0 Å². The Morgan fingerprint density at radius 1 is 0.846 bits per heavy atom. The lowest BCUT2D eigenvalue weighted by atomic mass is 10.2. The summed E-state index contributed by atoms with van der Waals surface area (Å²) in [6.07, 6.45) is 2.66. The number of benzene rings is 3. The van der Waals surface area contributed by atoms with Crippen molar-refractivity contribution in [3.63, 3.8) is 0 Å². The molecule has 0 saturated carbocycles. The molecule has 0 aliphatic rings. The standard InChI is InChI=1S/C22H17O4/c23-18-12-21-20(9-10-24-21)22(13-18)26-15-17-7-4-8-19(11-17)25-14-16-5-2-1-3-6-16/h1-9,11-13,23H,14-15H2. The fourth-order valence-corrected chi connectivity index (χ4v) is 2.71. The molecular weight excluding hydrogens is 328 g/mol. The van der Waals surface area contributed by atoms with E-state index in [9.17, 15) is 5.11 Å². The Labute approximate surface area is 151 Å². The zero-order chi connectivity index (χ0) is 17.8. The summed E-state index contributed by atoms with van der Waals surface area (Å²) in [5.41, 5.74) is 2.63. The highest BCUT2D eigenvalue weighted by atomic mass is 16.5. The van der Waals surface area contributed by atoms with Gasteiger partial charge in [0, 0.05) is 12.1 Å². The number of ether oxygens (including phenoxy) is 2. The van der Waals surface area contributed by atoms with Crippen LogP contribution < -0.4 is 9.47 Å². The maximum Gasteiger partial charge on any atom is 0.170 e. The Balaban J connectivity index is 1.44. The molecule has 4 rings (SSSR count). The molecule has 26 heavy (non-hydrogen) atoms. The van der Waals surface area contributed by atoms with Crippen molar-refractivity contribution in [1.29, 1.82) is 0 Å². The largest absolute Gasteiger partial charge is 0.508 e. The molecule has 0 spiro atoms. The minimum Gasteiger partial charge on any atom is -0.508 e. The van der Waals surface area contributed by atoms with Crippen molar-refractivity contribution < 1.29 is 19.0 Å². The van der Waals surface area contributed by atoms with Gasteiger partial charge in [-0.15, -0.1) is 0 Å². The summed E-state index contributed by atoms with van der Waals surface area (Å²) >= 11 is 0. The van der Waals surface area contributed by atoms with Gasteiger partial charge in [-0.25, -0.2) is 0 Å². The van der Waals surface area contributed by atoms with Crippen LogP contribution in [-0.2, 0) is 13.2 Å². The molecular formula is C22H17O4. The van der Waals surface area contributed by atoms with Gasteiger partial charge < -0.3 is 19.0 Å². The molecule has 1 heterocycles. The van der Waals surface area contributed by atoms with Crippen LogP contribution in [0.2, 0.25) is 0 Å². The van der Waals surface area contributed by atoms with Crippen LogP contribution in [0.25, 0.3) is 11.0 Å². The van der Waals surface area contributed by atoms with E-state index < -0.39 is 0 Å². The SMILES string of the molecule is Oc1cc(OCc2cccc(OCc3ccccc3)c2)c2c[c]oc2c1. The minimum atomic E-state index is 0.0933. The van der Waals surface area contributed by atoms with Crippen molar-refractivity contribution in [2.24, 2.45) is 0 Å². The van der Waals surface area contributed by atoms with E-state index in [-0.39, 0.29) is 5.75 Å². The smallest absolute Gasteiger partial charge is 0.170 e. The van der Waals surface area contributed by atoms with Gasteiger partial charge >= 0.3 is 0 Å². The zero-order valence-electron chi connectivity index (χ0n) is 14.0. The van der Waals surface area contributed by atoms with E-state index in [1.54, 1.807) is 12.1 Å². The van der Waals surface area contributed by atoms with Crippen LogP contribution in [0.4, 0.5) is 0 Å². The lowest BCUT2D eigenvalue weighted by Crippen LogP contribution is -1.98. The lowest BCUT2D eigenvalue weighted by Gasteiger charge is -2.10. The summed E-state index contributed by atoms with van der Waals surface area (Å²) < 4.78 is 16.9. The second-order valence-corrected chi connectivity index (χ2v) is 5.93. The van der Waals surface area contributed by atoms with E-state index in [1.807, 2.05) is 54.6 Å². The molecule has 129 valence electrons. The maximum absolute atomic E-state index is 9.78. The summed E-state index contributed by atoms with van der Waals surface area (Å²) in [5, 5.41) is 10.6. The fraction of sp³-hybridized carbons (Fsp3) is 0.0909. The molecule has 0 bridgehead atoms. The van der Waals surface area contributed by atoms with E-state index in [2.05, 4.69) is 6.26 Å². The molecule has 0 atom stereocenters. The fourth-order valence-electron chi connectivity index (χ4n) is 2.71. The Bertz CT molecular complexity index is 1010. The number of phenolic OH excluding ortho intramolecular Hbond substituents is 1. The number of hydrogen-bond acceptors (Lipinski definition) is 4. The van der Waals surface area contributed by atoms with Crippen LogP contribution in [0.15, 0.2) is 77.2 Å². The van der Waals surface area contributed by atoms with Crippen LogP contribution >= 0.6 is 0 Å². The number of hydrogen-bond donors (Lipinski definition) is 1. The number of phenols is 1. The maximum atomic E-state index is 9.78. The van der Waals surface area contributed by atoms with Crippen LogP contribution in [0.3, 0.4) is 0 Å². The zero-order valence-corrected chi connectivity index (χ0v) is 14.0. The number of furan rings is 1. The van der Waals surface area contributed by atoms with Crippen LogP contribution in [0.5, 0.6) is 17.2 Å². The van der Waals surface area contributed by atoms with Gasteiger partial charge in [0.25, 0.3) is 0 Å². The molecule has 0 fully saturated rings. The average Bonchev–Trinajstić information content (AvgIpc) is 3.14. The predicted molar refractivity (Wildman–Crippen MR) is 98.3 cm³/mol. The van der Waals surface area contributed by atoms with Crippen molar-refractivity contribution in [2.45, 2.75) is 13.2 Å². The number of aromatic hydroxyl groups is 1. The van der Waals surface area contributed by atoms with Crippen LogP contribution in [0.1, 0.15) is 11.1 Å². The molecule has 1 aromatic heterocycles. The van der Waals surface area contributed by atoms with E-state index in [0.29, 0.717) is 24.5 Å². The molecule has 4 aromatic rings. The Hall–Kier alpha value is -3.40. The quantitative estimate of drug-likeness (QED) is 0.528. The lowest BCUT2D eigenvalue weighted by molar-refractivity contribution is 0.297. The number of rotatable bonds is 6. The summed E-state index contributed by atoms with van der Waals surface area (Å²) in [5.74, 6) is 1.43. The van der Waals surface area contributed by atoms with E-state index in [1.165, 1.54) is 6.07 Å². The molecule has 3 aromatic carbocycles. The first-order valence-corrected chi connectivity index (χ1v) is 8.29. The Morgan fingerprint density at radius 3 is 2.54 bits per heavy atom. The topological polar surface area (TPSA) is 51.8 Å². The Kier molecular flexibility index (Phi) is 4.48. The number of fused-ring (bicyclic) bond motifs is 1. The minimum absolute atomic E-state index is 0.0933.